The van der Waals surface area contributed by atoms with Crippen LogP contribution < -0.4 is 5.32 Å². The summed E-state index contributed by atoms with van der Waals surface area (Å²) in [5.41, 5.74) is 0. The molecule has 0 saturated heterocycles. The Bertz CT molecular complexity index is 258. The Hall–Kier alpha value is -1.20. The van der Waals surface area contributed by atoms with Crippen molar-refractivity contribution in [1.82, 2.24) is 5.32 Å². The van der Waals surface area contributed by atoms with Gasteiger partial charge in [-0.05, 0) is 25.6 Å². The number of hydrogen-bond donors (Lipinski definition) is 1. The highest BCUT2D eigenvalue weighted by Crippen LogP contribution is 2.07. The minimum absolute atomic E-state index is 0.398. The van der Waals surface area contributed by atoms with Crippen LogP contribution in [0.1, 0.15) is 18.6 Å². The predicted molar refractivity (Wildman–Crippen MR) is 53.3 cm³/mol. The molecular weight excluding hydrogens is 162 g/mol. The summed E-state index contributed by atoms with van der Waals surface area (Å²) in [7, 11) is 1.93. The molecule has 0 fully saturated rings. The summed E-state index contributed by atoms with van der Waals surface area (Å²) in [4.78, 5) is 0. The van der Waals surface area contributed by atoms with Gasteiger partial charge in [-0.25, -0.2) is 0 Å². The third-order valence-electron chi connectivity index (χ3n) is 2.09. The normalized spacial score (nSPS) is 12.3. The van der Waals surface area contributed by atoms with Crippen LogP contribution >= 0.6 is 0 Å². The number of nitrogens with one attached hydrogen (secondary N) is 1. The number of furan rings is 1. The molecule has 1 atom stereocenters. The minimum Gasteiger partial charge on any atom is -0.469 e. The van der Waals surface area contributed by atoms with E-state index in [1.165, 1.54) is 0 Å². The summed E-state index contributed by atoms with van der Waals surface area (Å²) in [6, 6.07) is 4.29. The number of hydrogen-bond acceptors (Lipinski definition) is 2. The molecule has 0 radical (unpaired) electrons. The van der Waals surface area contributed by atoms with E-state index >= 15 is 0 Å². The van der Waals surface area contributed by atoms with Gasteiger partial charge in [-0.1, -0.05) is 0 Å². The fourth-order valence-electron chi connectivity index (χ4n) is 1.26. The van der Waals surface area contributed by atoms with Crippen LogP contribution in [0.25, 0.3) is 0 Å². The van der Waals surface area contributed by atoms with E-state index in [1.54, 1.807) is 6.26 Å². The first-order valence-electron chi connectivity index (χ1n) is 4.50. The van der Waals surface area contributed by atoms with Gasteiger partial charge in [-0.15, -0.1) is 12.3 Å². The van der Waals surface area contributed by atoms with Gasteiger partial charge >= 0.3 is 0 Å². The molecule has 1 aromatic rings. The zero-order valence-electron chi connectivity index (χ0n) is 7.92. The van der Waals surface area contributed by atoms with Crippen molar-refractivity contribution in [1.29, 1.82) is 0 Å². The van der Waals surface area contributed by atoms with E-state index in [9.17, 15) is 0 Å². The molecule has 1 heterocycles. The van der Waals surface area contributed by atoms with Gasteiger partial charge in [0, 0.05) is 18.9 Å². The molecule has 0 aliphatic heterocycles. The van der Waals surface area contributed by atoms with Crippen LogP contribution in [-0.4, -0.2) is 13.1 Å². The second kappa shape index (κ2) is 5.45. The van der Waals surface area contributed by atoms with E-state index in [4.69, 9.17) is 10.8 Å². The van der Waals surface area contributed by atoms with Crippen molar-refractivity contribution in [2.45, 2.75) is 25.3 Å². The summed E-state index contributed by atoms with van der Waals surface area (Å²) in [6.07, 6.45) is 9.68. The van der Waals surface area contributed by atoms with Gasteiger partial charge in [0.15, 0.2) is 0 Å². The molecule has 0 spiro atoms. The maximum atomic E-state index is 5.24. The molecule has 1 unspecified atom stereocenters. The molecule has 0 aliphatic carbocycles. The van der Waals surface area contributed by atoms with Crippen molar-refractivity contribution in [3.63, 3.8) is 0 Å². The topological polar surface area (TPSA) is 25.2 Å². The lowest BCUT2D eigenvalue weighted by molar-refractivity contribution is 0.465. The first kappa shape index (κ1) is 9.88. The van der Waals surface area contributed by atoms with Gasteiger partial charge in [-0.2, -0.15) is 0 Å². The van der Waals surface area contributed by atoms with Crippen LogP contribution in [-0.2, 0) is 6.42 Å². The van der Waals surface area contributed by atoms with E-state index in [2.05, 4.69) is 11.2 Å². The van der Waals surface area contributed by atoms with Crippen LogP contribution in [0.2, 0.25) is 0 Å². The third-order valence-corrected chi connectivity index (χ3v) is 2.09. The van der Waals surface area contributed by atoms with E-state index in [-0.39, 0.29) is 0 Å². The number of aryl methyl sites for hydroxylation is 1. The number of rotatable bonds is 5. The summed E-state index contributed by atoms with van der Waals surface area (Å²) in [5, 5.41) is 3.18. The van der Waals surface area contributed by atoms with Crippen LogP contribution in [0.3, 0.4) is 0 Å². The lowest BCUT2D eigenvalue weighted by Gasteiger charge is -2.11. The van der Waals surface area contributed by atoms with Gasteiger partial charge < -0.3 is 9.73 Å². The zero-order chi connectivity index (χ0) is 9.52. The average molecular weight is 177 g/mol. The Morgan fingerprint density at radius 1 is 1.69 bits per heavy atom. The van der Waals surface area contributed by atoms with Crippen molar-refractivity contribution in [3.8, 4) is 12.3 Å². The molecule has 70 valence electrons. The maximum Gasteiger partial charge on any atom is 0.103 e. The second-order valence-corrected chi connectivity index (χ2v) is 3.01. The Kier molecular flexibility index (Phi) is 4.14. The highest BCUT2D eigenvalue weighted by atomic mass is 16.3. The third kappa shape index (κ3) is 3.35. The molecule has 0 saturated carbocycles. The molecule has 1 N–H and O–H groups in total. The largest absolute Gasteiger partial charge is 0.469 e. The van der Waals surface area contributed by atoms with Gasteiger partial charge in [0.05, 0.1) is 6.26 Å². The van der Waals surface area contributed by atoms with Gasteiger partial charge in [0.25, 0.3) is 0 Å². The molecule has 1 aromatic heterocycles. The van der Waals surface area contributed by atoms with Crippen LogP contribution in [0.5, 0.6) is 0 Å². The highest BCUT2D eigenvalue weighted by Gasteiger charge is 2.05. The standard InChI is InChI=1S/C11H15NO/c1-3-5-10(12-2)7-8-11-6-4-9-13-11/h1,4,6,9-10,12H,5,7-8H2,2H3. The Morgan fingerprint density at radius 3 is 3.08 bits per heavy atom. The summed E-state index contributed by atoms with van der Waals surface area (Å²) in [6.45, 7) is 0. The maximum absolute atomic E-state index is 5.24. The smallest absolute Gasteiger partial charge is 0.103 e. The minimum atomic E-state index is 0.398. The van der Waals surface area contributed by atoms with Crippen molar-refractivity contribution < 1.29 is 4.42 Å². The molecule has 0 aromatic carbocycles. The lowest BCUT2D eigenvalue weighted by Crippen LogP contribution is -2.24. The SMILES string of the molecule is C#CCC(CCc1ccco1)NC. The van der Waals surface area contributed by atoms with E-state index < -0.39 is 0 Å². The Morgan fingerprint density at radius 2 is 2.54 bits per heavy atom. The van der Waals surface area contributed by atoms with Gasteiger partial charge in [0.1, 0.15) is 5.76 Å². The van der Waals surface area contributed by atoms with E-state index in [0.717, 1.165) is 25.0 Å². The molecule has 1 rings (SSSR count). The second-order valence-electron chi connectivity index (χ2n) is 3.01. The van der Waals surface area contributed by atoms with Crippen molar-refractivity contribution in [2.24, 2.45) is 0 Å². The van der Waals surface area contributed by atoms with Crippen molar-refractivity contribution >= 4 is 0 Å². The van der Waals surface area contributed by atoms with Crippen molar-refractivity contribution in [3.05, 3.63) is 24.2 Å². The predicted octanol–water partition coefficient (Wildman–Crippen LogP) is 1.82. The first-order chi connectivity index (χ1) is 6.36. The molecule has 13 heavy (non-hydrogen) atoms. The van der Waals surface area contributed by atoms with E-state index in [0.29, 0.717) is 6.04 Å². The lowest BCUT2D eigenvalue weighted by atomic mass is 10.1. The Labute approximate surface area is 79.3 Å². The molecule has 2 heteroatoms. The molecule has 2 nitrogen and oxygen atoms in total. The fourth-order valence-corrected chi connectivity index (χ4v) is 1.26. The van der Waals surface area contributed by atoms with Gasteiger partial charge in [0.2, 0.25) is 0 Å². The van der Waals surface area contributed by atoms with E-state index in [1.807, 2.05) is 19.2 Å². The quantitative estimate of drug-likeness (QED) is 0.694. The summed E-state index contributed by atoms with van der Waals surface area (Å²) < 4.78 is 5.23. The van der Waals surface area contributed by atoms with Crippen LogP contribution in [0.15, 0.2) is 22.8 Å². The zero-order valence-corrected chi connectivity index (χ0v) is 7.92. The van der Waals surface area contributed by atoms with Crippen LogP contribution in [0, 0.1) is 12.3 Å². The molecule has 0 amide bonds. The number of terminal acetylenes is 1. The van der Waals surface area contributed by atoms with Gasteiger partial charge in [-0.3, -0.25) is 0 Å². The monoisotopic (exact) mass is 177 g/mol. The summed E-state index contributed by atoms with van der Waals surface area (Å²) in [5.74, 6) is 3.68. The Balaban J connectivity index is 2.28. The van der Waals surface area contributed by atoms with Crippen molar-refractivity contribution in [2.75, 3.05) is 7.05 Å². The molecule has 0 aliphatic rings. The first-order valence-corrected chi connectivity index (χ1v) is 4.50. The summed E-state index contributed by atoms with van der Waals surface area (Å²) >= 11 is 0. The fraction of sp³-hybridized carbons (Fsp3) is 0.455. The molecule has 0 bridgehead atoms. The highest BCUT2D eigenvalue weighted by molar-refractivity contribution is 4.99. The average Bonchev–Trinajstić information content (AvgIpc) is 2.64. The van der Waals surface area contributed by atoms with Crippen LogP contribution in [0.4, 0.5) is 0 Å². The molecular formula is C11H15NO.